The van der Waals surface area contributed by atoms with Crippen LogP contribution in [-0.2, 0) is 25.8 Å². The minimum atomic E-state index is 0.758. The van der Waals surface area contributed by atoms with Gasteiger partial charge in [-0.2, -0.15) is 5.21 Å². The SMILES string of the molecule is c1ccc2c(c1)CCCc1c-2n(CCc2nn[nH]n2)c2ccccc12. The first kappa shape index (κ1) is 14.4. The highest BCUT2D eigenvalue weighted by molar-refractivity contribution is 5.92. The van der Waals surface area contributed by atoms with Crippen molar-refractivity contribution < 1.29 is 0 Å². The summed E-state index contributed by atoms with van der Waals surface area (Å²) in [6.45, 7) is 0.851. The van der Waals surface area contributed by atoms with Crippen LogP contribution >= 0.6 is 0 Å². The first-order valence-corrected chi connectivity index (χ1v) is 8.82. The Morgan fingerprint density at radius 3 is 2.80 bits per heavy atom. The average molecular weight is 329 g/mol. The standard InChI is InChI=1S/C20H19N5/c1-2-8-15-14(6-1)7-5-10-17-16-9-3-4-11-18(16)25(20(15)17)13-12-19-21-23-24-22-19/h1-4,6,8-9,11H,5,7,10,12-13H2,(H,21,22,23,24). The van der Waals surface area contributed by atoms with Gasteiger partial charge in [0.1, 0.15) is 0 Å². The van der Waals surface area contributed by atoms with Crippen molar-refractivity contribution in [3.05, 3.63) is 65.5 Å². The number of aromatic amines is 1. The molecule has 0 saturated carbocycles. The molecule has 124 valence electrons. The van der Waals surface area contributed by atoms with Gasteiger partial charge in [-0.3, -0.25) is 0 Å². The number of rotatable bonds is 3. The number of aromatic nitrogens is 5. The molecule has 4 aromatic rings. The second-order valence-corrected chi connectivity index (χ2v) is 6.58. The molecule has 25 heavy (non-hydrogen) atoms. The molecule has 1 aliphatic rings. The lowest BCUT2D eigenvalue weighted by atomic mass is 10.0. The van der Waals surface area contributed by atoms with Crippen molar-refractivity contribution in [3.8, 4) is 11.3 Å². The van der Waals surface area contributed by atoms with Crippen molar-refractivity contribution in [1.29, 1.82) is 0 Å². The van der Waals surface area contributed by atoms with E-state index in [4.69, 9.17) is 0 Å². The van der Waals surface area contributed by atoms with Crippen LogP contribution in [0.5, 0.6) is 0 Å². The highest BCUT2D eigenvalue weighted by Crippen LogP contribution is 2.39. The molecule has 0 fully saturated rings. The highest BCUT2D eigenvalue weighted by atomic mass is 15.5. The number of H-pyrrole nitrogens is 1. The summed E-state index contributed by atoms with van der Waals surface area (Å²) in [5.41, 5.74) is 6.98. The van der Waals surface area contributed by atoms with E-state index in [1.165, 1.54) is 39.7 Å². The number of tetrazole rings is 1. The van der Waals surface area contributed by atoms with Gasteiger partial charge in [0.15, 0.2) is 5.82 Å². The van der Waals surface area contributed by atoms with Crippen LogP contribution in [0.15, 0.2) is 48.5 Å². The number of nitrogens with one attached hydrogen (secondary N) is 1. The van der Waals surface area contributed by atoms with Gasteiger partial charge >= 0.3 is 0 Å². The van der Waals surface area contributed by atoms with Crippen LogP contribution in [0, 0.1) is 0 Å². The van der Waals surface area contributed by atoms with E-state index in [-0.39, 0.29) is 0 Å². The number of hydrogen-bond donors (Lipinski definition) is 1. The number of para-hydroxylation sites is 1. The molecule has 0 atom stereocenters. The zero-order valence-electron chi connectivity index (χ0n) is 13.9. The van der Waals surface area contributed by atoms with Crippen molar-refractivity contribution in [2.75, 3.05) is 0 Å². The largest absolute Gasteiger partial charge is 0.340 e. The van der Waals surface area contributed by atoms with Crippen LogP contribution in [0.4, 0.5) is 0 Å². The van der Waals surface area contributed by atoms with E-state index in [9.17, 15) is 0 Å². The molecule has 2 aromatic heterocycles. The molecule has 0 unspecified atom stereocenters. The number of benzene rings is 2. The number of aryl methyl sites for hydroxylation is 4. The lowest BCUT2D eigenvalue weighted by molar-refractivity contribution is 0.698. The molecule has 1 aliphatic carbocycles. The van der Waals surface area contributed by atoms with Crippen LogP contribution in [0.2, 0.25) is 0 Å². The fourth-order valence-electron chi connectivity index (χ4n) is 4.09. The summed E-state index contributed by atoms with van der Waals surface area (Å²) in [6, 6.07) is 17.6. The third-order valence-corrected chi connectivity index (χ3v) is 5.17. The fourth-order valence-corrected chi connectivity index (χ4v) is 4.09. The summed E-state index contributed by atoms with van der Waals surface area (Å²) >= 11 is 0. The first-order chi connectivity index (χ1) is 12.4. The Bertz CT molecular complexity index is 1030. The van der Waals surface area contributed by atoms with Crippen LogP contribution < -0.4 is 0 Å². The smallest absolute Gasteiger partial charge is 0.176 e. The lowest BCUT2D eigenvalue weighted by Gasteiger charge is -2.13. The van der Waals surface area contributed by atoms with Gasteiger partial charge in [-0.15, -0.1) is 10.2 Å². The van der Waals surface area contributed by atoms with E-state index in [1.54, 1.807) is 0 Å². The van der Waals surface area contributed by atoms with E-state index in [0.29, 0.717) is 0 Å². The summed E-state index contributed by atoms with van der Waals surface area (Å²) in [4.78, 5) is 0. The maximum Gasteiger partial charge on any atom is 0.176 e. The van der Waals surface area contributed by atoms with E-state index in [1.807, 2.05) is 0 Å². The fraction of sp³-hybridized carbons (Fsp3) is 0.250. The Hall–Kier alpha value is -2.95. The van der Waals surface area contributed by atoms with Crippen LogP contribution in [0.1, 0.15) is 23.4 Å². The van der Waals surface area contributed by atoms with Crippen molar-refractivity contribution in [2.24, 2.45) is 0 Å². The van der Waals surface area contributed by atoms with E-state index >= 15 is 0 Å². The molecule has 2 heterocycles. The maximum absolute atomic E-state index is 4.11. The predicted molar refractivity (Wildman–Crippen MR) is 97.3 cm³/mol. The van der Waals surface area contributed by atoms with Crippen LogP contribution in [0.3, 0.4) is 0 Å². The molecular formula is C20H19N5. The minimum absolute atomic E-state index is 0.758. The van der Waals surface area contributed by atoms with Gasteiger partial charge < -0.3 is 4.57 Å². The summed E-state index contributed by atoms with van der Waals surface area (Å²) in [6.07, 6.45) is 4.23. The van der Waals surface area contributed by atoms with Gasteiger partial charge in [-0.1, -0.05) is 47.7 Å². The molecular weight excluding hydrogens is 310 g/mol. The third-order valence-electron chi connectivity index (χ3n) is 5.17. The number of hydrogen-bond acceptors (Lipinski definition) is 3. The lowest BCUT2D eigenvalue weighted by Crippen LogP contribution is -2.05. The zero-order valence-corrected chi connectivity index (χ0v) is 13.9. The Kier molecular flexibility index (Phi) is 3.37. The Morgan fingerprint density at radius 1 is 1.00 bits per heavy atom. The molecule has 0 amide bonds. The van der Waals surface area contributed by atoms with Crippen molar-refractivity contribution in [1.82, 2.24) is 25.2 Å². The van der Waals surface area contributed by atoms with Gasteiger partial charge in [0.25, 0.3) is 0 Å². The molecule has 2 aromatic carbocycles. The first-order valence-electron chi connectivity index (χ1n) is 8.82. The molecule has 5 heteroatoms. The second-order valence-electron chi connectivity index (χ2n) is 6.58. The van der Waals surface area contributed by atoms with Gasteiger partial charge in [0.05, 0.1) is 5.69 Å². The van der Waals surface area contributed by atoms with Gasteiger partial charge in [-0.05, 0) is 36.5 Å². The van der Waals surface area contributed by atoms with Gasteiger partial charge in [0, 0.05) is 29.4 Å². The summed E-state index contributed by atoms with van der Waals surface area (Å²) < 4.78 is 2.45. The zero-order chi connectivity index (χ0) is 16.6. The topological polar surface area (TPSA) is 59.4 Å². The Balaban J connectivity index is 1.73. The summed E-state index contributed by atoms with van der Waals surface area (Å²) in [5, 5.41) is 15.8. The van der Waals surface area contributed by atoms with Crippen LogP contribution in [-0.4, -0.2) is 25.2 Å². The molecule has 5 rings (SSSR count). The van der Waals surface area contributed by atoms with E-state index in [2.05, 4.69) is 73.7 Å². The maximum atomic E-state index is 4.11. The van der Waals surface area contributed by atoms with Crippen molar-refractivity contribution in [3.63, 3.8) is 0 Å². The molecule has 1 N–H and O–H groups in total. The highest BCUT2D eigenvalue weighted by Gasteiger charge is 2.22. The van der Waals surface area contributed by atoms with Crippen molar-refractivity contribution in [2.45, 2.75) is 32.2 Å². The third kappa shape index (κ3) is 2.35. The minimum Gasteiger partial charge on any atom is -0.340 e. The van der Waals surface area contributed by atoms with E-state index < -0.39 is 0 Å². The normalized spacial score (nSPS) is 13.4. The molecule has 0 spiro atoms. The second kappa shape index (κ2) is 5.84. The summed E-state index contributed by atoms with van der Waals surface area (Å²) in [5.74, 6) is 0.758. The van der Waals surface area contributed by atoms with Gasteiger partial charge in [-0.25, -0.2) is 0 Å². The molecule has 5 nitrogen and oxygen atoms in total. The summed E-state index contributed by atoms with van der Waals surface area (Å²) in [7, 11) is 0. The average Bonchev–Trinajstić information content (AvgIpc) is 3.22. The molecule has 0 bridgehead atoms. The van der Waals surface area contributed by atoms with Crippen molar-refractivity contribution >= 4 is 10.9 Å². The van der Waals surface area contributed by atoms with E-state index in [0.717, 1.165) is 31.6 Å². The molecule has 0 saturated heterocycles. The predicted octanol–water partition coefficient (Wildman–Crippen LogP) is 3.55. The number of fused-ring (bicyclic) bond motifs is 5. The molecule has 0 aliphatic heterocycles. The van der Waals surface area contributed by atoms with Crippen LogP contribution in [0.25, 0.3) is 22.2 Å². The molecule has 0 radical (unpaired) electrons. The quantitative estimate of drug-likeness (QED) is 0.625. The number of nitrogens with zero attached hydrogens (tertiary/aromatic N) is 4. The Labute approximate surface area is 145 Å². The monoisotopic (exact) mass is 329 g/mol. The van der Waals surface area contributed by atoms with Gasteiger partial charge in [0.2, 0.25) is 0 Å². The Morgan fingerprint density at radius 2 is 1.88 bits per heavy atom.